The first kappa shape index (κ1) is 26.1. The number of fused-ring (bicyclic) bond motifs is 1. The number of sulfonamides is 2. The van der Waals surface area contributed by atoms with Crippen molar-refractivity contribution in [2.75, 3.05) is 48.9 Å². The Morgan fingerprint density at radius 2 is 1.63 bits per heavy atom. The number of benzene rings is 2. The number of aryl methyl sites for hydroxylation is 1. The summed E-state index contributed by atoms with van der Waals surface area (Å²) in [7, 11) is -8.01. The summed E-state index contributed by atoms with van der Waals surface area (Å²) < 4.78 is 55.2. The molecule has 0 aliphatic carbocycles. The molecular weight excluding hydrogens is 528 g/mol. The Bertz CT molecular complexity index is 1540. The van der Waals surface area contributed by atoms with Crippen molar-refractivity contribution in [3.8, 4) is 0 Å². The summed E-state index contributed by atoms with van der Waals surface area (Å²) >= 11 is 0. The molecule has 0 bridgehead atoms. The number of nitrogens with one attached hydrogen (secondary N) is 1. The van der Waals surface area contributed by atoms with Crippen LogP contribution >= 0.6 is 0 Å². The van der Waals surface area contributed by atoms with Crippen molar-refractivity contribution < 1.29 is 21.6 Å². The minimum Gasteiger partial charge on any atom is -0.338 e. The first-order valence-electron chi connectivity index (χ1n) is 12.2. The summed E-state index contributed by atoms with van der Waals surface area (Å²) in [6.07, 6.45) is 3.90. The van der Waals surface area contributed by atoms with Crippen molar-refractivity contribution in [2.24, 2.45) is 0 Å². The lowest BCUT2D eigenvalue weighted by Gasteiger charge is -2.34. The molecule has 2 aliphatic heterocycles. The van der Waals surface area contributed by atoms with Gasteiger partial charge in [0.25, 0.3) is 26.0 Å². The molecule has 38 heavy (non-hydrogen) atoms. The maximum atomic E-state index is 13.2. The van der Waals surface area contributed by atoms with Crippen LogP contribution in [0.2, 0.25) is 0 Å². The van der Waals surface area contributed by atoms with E-state index in [9.17, 15) is 21.6 Å². The Hall–Kier alpha value is -3.55. The Morgan fingerprint density at radius 1 is 0.947 bits per heavy atom. The van der Waals surface area contributed by atoms with E-state index < -0.39 is 26.0 Å². The van der Waals surface area contributed by atoms with Crippen molar-refractivity contribution in [1.29, 1.82) is 0 Å². The smallest absolute Gasteiger partial charge is 0.269 e. The van der Waals surface area contributed by atoms with Gasteiger partial charge in [0, 0.05) is 51.7 Å². The molecule has 200 valence electrons. The highest BCUT2D eigenvalue weighted by Gasteiger charge is 2.41. The van der Waals surface area contributed by atoms with Gasteiger partial charge in [-0.1, -0.05) is 17.7 Å². The second kappa shape index (κ2) is 10.3. The van der Waals surface area contributed by atoms with Crippen molar-refractivity contribution in [3.63, 3.8) is 0 Å². The molecule has 1 saturated heterocycles. The van der Waals surface area contributed by atoms with Crippen LogP contribution in [0, 0.1) is 6.92 Å². The molecule has 0 saturated carbocycles. The molecule has 1 fully saturated rings. The second-order valence-electron chi connectivity index (χ2n) is 9.24. The van der Waals surface area contributed by atoms with E-state index in [1.165, 1.54) is 30.3 Å². The maximum absolute atomic E-state index is 13.2. The summed E-state index contributed by atoms with van der Waals surface area (Å²) in [6, 6.07) is 12.0. The quantitative estimate of drug-likeness (QED) is 0.442. The Balaban J connectivity index is 1.21. The fourth-order valence-corrected chi connectivity index (χ4v) is 7.24. The molecule has 1 N–H and O–H groups in total. The molecule has 0 unspecified atom stereocenters. The van der Waals surface area contributed by atoms with Gasteiger partial charge in [-0.3, -0.25) is 14.4 Å². The topological polar surface area (TPSA) is 133 Å². The number of carbonyl (C=O) groups is 1. The van der Waals surface area contributed by atoms with Gasteiger partial charge >= 0.3 is 0 Å². The molecular formula is C25H28N6O5S2. The normalized spacial score (nSPS) is 17.4. The Kier molecular flexibility index (Phi) is 7.07. The highest BCUT2D eigenvalue weighted by Crippen LogP contribution is 2.33. The summed E-state index contributed by atoms with van der Waals surface area (Å²) in [5.41, 5.74) is 1.03. The average molecular weight is 557 g/mol. The molecule has 3 heterocycles. The van der Waals surface area contributed by atoms with E-state index in [1.54, 1.807) is 30.6 Å². The lowest BCUT2D eigenvalue weighted by Crippen LogP contribution is -2.47. The van der Waals surface area contributed by atoms with Gasteiger partial charge in [-0.05, 0) is 49.7 Å². The van der Waals surface area contributed by atoms with E-state index in [4.69, 9.17) is 0 Å². The van der Waals surface area contributed by atoms with E-state index in [1.807, 2.05) is 6.92 Å². The first-order chi connectivity index (χ1) is 18.1. The fraction of sp³-hybridized carbons (Fsp3) is 0.320. The molecule has 3 aromatic rings. The molecule has 2 aliphatic rings. The Morgan fingerprint density at radius 3 is 2.32 bits per heavy atom. The van der Waals surface area contributed by atoms with Gasteiger partial charge in [0.15, 0.2) is 0 Å². The van der Waals surface area contributed by atoms with Gasteiger partial charge in [0.05, 0.1) is 16.1 Å². The summed E-state index contributed by atoms with van der Waals surface area (Å²) in [5, 5.41) is 0. The fourth-order valence-electron chi connectivity index (χ4n) is 4.56. The van der Waals surface area contributed by atoms with Crippen molar-refractivity contribution in [3.05, 3.63) is 72.1 Å². The van der Waals surface area contributed by atoms with E-state index in [0.717, 1.165) is 36.0 Å². The van der Waals surface area contributed by atoms with E-state index in [0.29, 0.717) is 18.9 Å². The van der Waals surface area contributed by atoms with Crippen LogP contribution in [-0.4, -0.2) is 81.2 Å². The molecule has 5 rings (SSSR count). The third-order valence-corrected chi connectivity index (χ3v) is 9.85. The van der Waals surface area contributed by atoms with Crippen LogP contribution in [0.15, 0.2) is 70.7 Å². The third-order valence-electron chi connectivity index (χ3n) is 6.63. The second-order valence-corrected chi connectivity index (χ2v) is 12.8. The van der Waals surface area contributed by atoms with Gasteiger partial charge in [-0.15, -0.1) is 0 Å². The zero-order chi connectivity index (χ0) is 26.9. The van der Waals surface area contributed by atoms with Gasteiger partial charge in [-0.2, -0.15) is 0 Å². The van der Waals surface area contributed by atoms with Crippen LogP contribution in [-0.2, 0) is 20.0 Å². The highest BCUT2D eigenvalue weighted by atomic mass is 32.2. The minimum absolute atomic E-state index is 0.0414. The molecule has 13 heteroatoms. The van der Waals surface area contributed by atoms with Gasteiger partial charge in [0.2, 0.25) is 5.95 Å². The Labute approximate surface area is 222 Å². The lowest BCUT2D eigenvalue weighted by atomic mass is 10.2. The molecule has 11 nitrogen and oxygen atoms in total. The number of piperazine rings is 1. The number of amides is 1. The minimum atomic E-state index is -4.09. The molecule has 0 spiro atoms. The zero-order valence-electron chi connectivity index (χ0n) is 20.8. The molecule has 0 atom stereocenters. The van der Waals surface area contributed by atoms with Crippen molar-refractivity contribution >= 4 is 37.6 Å². The number of carbonyl (C=O) groups excluding carboxylic acids is 1. The summed E-state index contributed by atoms with van der Waals surface area (Å²) in [5.74, 6) is 0.0955. The lowest BCUT2D eigenvalue weighted by molar-refractivity contribution is 0.0866. The van der Waals surface area contributed by atoms with E-state index >= 15 is 0 Å². The number of nitrogens with zero attached hydrogens (tertiary/aromatic N) is 5. The standard InChI is InChI=1S/C25H28N6O5S2/c1-19-4-7-21(8-5-19)37(33,34)28-20-6-9-22-23(18-20)38(35,36)31(24(22)32)13-3-12-29-14-16-30(17-15-29)25-26-10-2-11-27-25/h2,4-11,18,28H,3,12-17H2,1H3. The largest absolute Gasteiger partial charge is 0.338 e. The SMILES string of the molecule is Cc1ccc(S(=O)(=O)Nc2ccc3c(c2)S(=O)(=O)N(CCCN2CCN(c4ncccn4)CC2)C3=O)cc1. The van der Waals surface area contributed by atoms with Crippen LogP contribution in [0.5, 0.6) is 0 Å². The number of rotatable bonds is 8. The van der Waals surface area contributed by atoms with Crippen LogP contribution < -0.4 is 9.62 Å². The number of hydrogen-bond acceptors (Lipinski definition) is 9. The zero-order valence-corrected chi connectivity index (χ0v) is 22.5. The maximum Gasteiger partial charge on any atom is 0.269 e. The van der Waals surface area contributed by atoms with Crippen molar-refractivity contribution in [2.45, 2.75) is 23.1 Å². The molecule has 2 aromatic carbocycles. The van der Waals surface area contributed by atoms with E-state index in [-0.39, 0.29) is 27.6 Å². The third kappa shape index (κ3) is 5.22. The monoisotopic (exact) mass is 556 g/mol. The van der Waals surface area contributed by atoms with Crippen LogP contribution in [0.3, 0.4) is 0 Å². The van der Waals surface area contributed by atoms with Crippen LogP contribution in [0.25, 0.3) is 0 Å². The van der Waals surface area contributed by atoms with Crippen molar-refractivity contribution in [1.82, 2.24) is 19.2 Å². The average Bonchev–Trinajstić information content (AvgIpc) is 3.09. The predicted octanol–water partition coefficient (Wildman–Crippen LogP) is 1.94. The number of anilines is 2. The van der Waals surface area contributed by atoms with E-state index in [2.05, 4.69) is 24.5 Å². The summed E-state index contributed by atoms with van der Waals surface area (Å²) in [4.78, 5) is 25.7. The van der Waals surface area contributed by atoms with Crippen LogP contribution in [0.4, 0.5) is 11.6 Å². The van der Waals surface area contributed by atoms with Crippen LogP contribution in [0.1, 0.15) is 22.3 Å². The van der Waals surface area contributed by atoms with Gasteiger partial charge in [-0.25, -0.2) is 31.1 Å². The molecule has 1 amide bonds. The van der Waals surface area contributed by atoms with Gasteiger partial charge < -0.3 is 4.90 Å². The molecule has 0 radical (unpaired) electrons. The first-order valence-corrected chi connectivity index (χ1v) is 15.1. The number of aromatic nitrogens is 2. The molecule has 1 aromatic heterocycles. The highest BCUT2D eigenvalue weighted by molar-refractivity contribution is 7.92. The summed E-state index contributed by atoms with van der Waals surface area (Å²) in [6.45, 7) is 5.62. The van der Waals surface area contributed by atoms with Gasteiger partial charge in [0.1, 0.15) is 4.90 Å². The predicted molar refractivity (Wildman–Crippen MR) is 142 cm³/mol. The number of hydrogen-bond donors (Lipinski definition) is 1.